The van der Waals surface area contributed by atoms with Gasteiger partial charge in [-0.2, -0.15) is 0 Å². The first-order chi connectivity index (χ1) is 10.1. The van der Waals surface area contributed by atoms with Crippen molar-refractivity contribution in [2.75, 3.05) is 27.7 Å². The second-order valence-corrected chi connectivity index (χ2v) is 6.53. The summed E-state index contributed by atoms with van der Waals surface area (Å²) in [5.41, 5.74) is 1.21. The maximum Gasteiger partial charge on any atom is 0.118 e. The number of ether oxygens (including phenoxy) is 1. The molecule has 126 valence electrons. The van der Waals surface area contributed by atoms with E-state index in [9.17, 15) is 5.11 Å². The Labute approximate surface area is 141 Å². The van der Waals surface area contributed by atoms with E-state index in [0.717, 1.165) is 12.3 Å². The number of aliphatic hydroxyl groups is 1. The lowest BCUT2D eigenvalue weighted by Crippen LogP contribution is -2.35. The molecule has 0 bridgehead atoms. The van der Waals surface area contributed by atoms with E-state index in [1.54, 1.807) is 7.11 Å². The number of methoxy groups -OCH3 is 1. The highest BCUT2D eigenvalue weighted by Crippen LogP contribution is 2.34. The zero-order valence-corrected chi connectivity index (χ0v) is 14.8. The average molecular weight is 328 g/mol. The summed E-state index contributed by atoms with van der Waals surface area (Å²) < 4.78 is 5.23. The molecule has 0 aliphatic heterocycles. The summed E-state index contributed by atoms with van der Waals surface area (Å²) in [5, 5.41) is 10.9. The van der Waals surface area contributed by atoms with Crippen LogP contribution in [0.15, 0.2) is 24.3 Å². The van der Waals surface area contributed by atoms with Gasteiger partial charge in [-0.1, -0.05) is 31.4 Å². The van der Waals surface area contributed by atoms with Gasteiger partial charge in [0.2, 0.25) is 0 Å². The Hall–Kier alpha value is -0.770. The molecule has 1 aliphatic rings. The van der Waals surface area contributed by atoms with Crippen LogP contribution in [0.3, 0.4) is 0 Å². The third-order valence-electron chi connectivity index (χ3n) is 4.65. The summed E-state index contributed by atoms with van der Waals surface area (Å²) in [4.78, 5) is 2.17. The molecule has 0 aromatic heterocycles. The van der Waals surface area contributed by atoms with Crippen LogP contribution >= 0.6 is 12.4 Å². The van der Waals surface area contributed by atoms with Crippen LogP contribution in [0.4, 0.5) is 0 Å². The van der Waals surface area contributed by atoms with Gasteiger partial charge >= 0.3 is 0 Å². The van der Waals surface area contributed by atoms with E-state index in [-0.39, 0.29) is 24.4 Å². The molecule has 0 amide bonds. The minimum absolute atomic E-state index is 0. The number of benzene rings is 1. The first kappa shape index (κ1) is 19.3. The quantitative estimate of drug-likeness (QED) is 0.864. The van der Waals surface area contributed by atoms with Crippen LogP contribution in [0.25, 0.3) is 0 Å². The number of hydrogen-bond donors (Lipinski definition) is 1. The van der Waals surface area contributed by atoms with Crippen molar-refractivity contribution < 1.29 is 9.84 Å². The molecule has 3 nitrogen and oxygen atoms in total. The van der Waals surface area contributed by atoms with Gasteiger partial charge in [-0.25, -0.2) is 0 Å². The molecule has 1 fully saturated rings. The Morgan fingerprint density at radius 2 is 1.73 bits per heavy atom. The van der Waals surface area contributed by atoms with Crippen LogP contribution in [0, 0.1) is 5.92 Å². The highest BCUT2D eigenvalue weighted by Gasteiger charge is 2.30. The smallest absolute Gasteiger partial charge is 0.118 e. The molecule has 4 heteroatoms. The van der Waals surface area contributed by atoms with Crippen molar-refractivity contribution in [2.45, 2.75) is 44.1 Å². The standard InChI is InChI=1S/C18H29NO2.ClH/c1-19(2)13-17(14-9-11-16(21-3)12-10-14)18(20)15-7-5-4-6-8-15;/h9-12,15,17-18,20H,4-8,13H2,1-3H3;1H. The second-order valence-electron chi connectivity index (χ2n) is 6.53. The van der Waals surface area contributed by atoms with E-state index >= 15 is 0 Å². The Balaban J connectivity index is 0.00000242. The van der Waals surface area contributed by atoms with Gasteiger partial charge in [-0.15, -0.1) is 12.4 Å². The van der Waals surface area contributed by atoms with Crippen LogP contribution in [0.5, 0.6) is 5.75 Å². The summed E-state index contributed by atoms with van der Waals surface area (Å²) in [6.07, 6.45) is 5.94. The fourth-order valence-electron chi connectivity index (χ4n) is 3.46. The summed E-state index contributed by atoms with van der Waals surface area (Å²) in [6.45, 7) is 0.879. The Kier molecular flexibility index (Phi) is 8.23. The van der Waals surface area contributed by atoms with Gasteiger partial charge in [0.15, 0.2) is 0 Å². The van der Waals surface area contributed by atoms with Crippen LogP contribution in [-0.4, -0.2) is 43.9 Å². The average Bonchev–Trinajstić information content (AvgIpc) is 2.53. The molecule has 1 aromatic carbocycles. The molecular weight excluding hydrogens is 298 g/mol. The molecule has 1 aliphatic carbocycles. The second kappa shape index (κ2) is 9.39. The molecule has 1 N–H and O–H groups in total. The zero-order valence-electron chi connectivity index (χ0n) is 14.0. The molecule has 22 heavy (non-hydrogen) atoms. The fraction of sp³-hybridized carbons (Fsp3) is 0.667. The molecule has 1 aromatic rings. The summed E-state index contributed by atoms with van der Waals surface area (Å²) in [5.74, 6) is 1.49. The topological polar surface area (TPSA) is 32.7 Å². The Morgan fingerprint density at radius 1 is 1.14 bits per heavy atom. The number of nitrogens with zero attached hydrogens (tertiary/aromatic N) is 1. The zero-order chi connectivity index (χ0) is 15.2. The van der Waals surface area contributed by atoms with E-state index in [1.807, 2.05) is 12.1 Å². The Bertz CT molecular complexity index is 416. The van der Waals surface area contributed by atoms with Crippen molar-refractivity contribution in [3.05, 3.63) is 29.8 Å². The van der Waals surface area contributed by atoms with Crippen LogP contribution in [0.2, 0.25) is 0 Å². The fourth-order valence-corrected chi connectivity index (χ4v) is 3.46. The van der Waals surface area contributed by atoms with Crippen molar-refractivity contribution in [3.63, 3.8) is 0 Å². The van der Waals surface area contributed by atoms with Crippen molar-refractivity contribution in [1.82, 2.24) is 4.90 Å². The first-order valence-corrected chi connectivity index (χ1v) is 8.08. The van der Waals surface area contributed by atoms with Crippen molar-refractivity contribution in [2.24, 2.45) is 5.92 Å². The molecule has 0 heterocycles. The molecule has 1 saturated carbocycles. The van der Waals surface area contributed by atoms with E-state index in [1.165, 1.54) is 37.7 Å². The van der Waals surface area contributed by atoms with Crippen molar-refractivity contribution in [3.8, 4) is 5.75 Å². The molecule has 0 saturated heterocycles. The number of halogens is 1. The summed E-state index contributed by atoms with van der Waals surface area (Å²) >= 11 is 0. The third kappa shape index (κ3) is 5.15. The van der Waals surface area contributed by atoms with Crippen molar-refractivity contribution in [1.29, 1.82) is 0 Å². The lowest BCUT2D eigenvalue weighted by atomic mass is 9.78. The van der Waals surface area contributed by atoms with Gasteiger partial charge in [0.25, 0.3) is 0 Å². The lowest BCUT2D eigenvalue weighted by molar-refractivity contribution is 0.0520. The van der Waals surface area contributed by atoms with Crippen LogP contribution in [-0.2, 0) is 0 Å². The number of likely N-dealkylation sites (N-methyl/N-ethyl adjacent to an activating group) is 1. The largest absolute Gasteiger partial charge is 0.497 e. The number of hydrogen-bond acceptors (Lipinski definition) is 3. The molecule has 2 atom stereocenters. The van der Waals surface area contributed by atoms with Crippen molar-refractivity contribution >= 4 is 12.4 Å². The van der Waals surface area contributed by atoms with Gasteiger partial charge in [0, 0.05) is 12.5 Å². The Morgan fingerprint density at radius 3 is 2.23 bits per heavy atom. The third-order valence-corrected chi connectivity index (χ3v) is 4.65. The predicted molar refractivity (Wildman–Crippen MR) is 94.1 cm³/mol. The monoisotopic (exact) mass is 327 g/mol. The minimum atomic E-state index is -0.249. The normalized spacial score (nSPS) is 18.6. The molecule has 2 rings (SSSR count). The highest BCUT2D eigenvalue weighted by molar-refractivity contribution is 5.85. The van der Waals surface area contributed by atoms with Crippen LogP contribution in [0.1, 0.15) is 43.6 Å². The predicted octanol–water partition coefficient (Wildman–Crippen LogP) is 3.70. The lowest BCUT2D eigenvalue weighted by Gasteiger charge is -2.34. The van der Waals surface area contributed by atoms with Crippen LogP contribution < -0.4 is 4.74 Å². The molecule has 2 unspecified atom stereocenters. The van der Waals surface area contributed by atoms with Gasteiger partial charge in [-0.05, 0) is 50.6 Å². The maximum atomic E-state index is 10.9. The van der Waals surface area contributed by atoms with Gasteiger partial charge in [-0.3, -0.25) is 0 Å². The van der Waals surface area contributed by atoms with E-state index in [2.05, 4.69) is 31.1 Å². The summed E-state index contributed by atoms with van der Waals surface area (Å²) in [6, 6.07) is 8.18. The SMILES string of the molecule is COc1ccc(C(CN(C)C)C(O)C2CCCCC2)cc1.Cl. The number of aliphatic hydroxyl groups excluding tert-OH is 1. The summed E-state index contributed by atoms with van der Waals surface area (Å²) in [7, 11) is 5.83. The molecule has 0 spiro atoms. The van der Waals surface area contributed by atoms with E-state index < -0.39 is 0 Å². The van der Waals surface area contributed by atoms with E-state index in [0.29, 0.717) is 5.92 Å². The highest BCUT2D eigenvalue weighted by atomic mass is 35.5. The molecular formula is C18H30ClNO2. The maximum absolute atomic E-state index is 10.9. The van der Waals surface area contributed by atoms with Gasteiger partial charge in [0.05, 0.1) is 13.2 Å². The minimum Gasteiger partial charge on any atom is -0.497 e. The number of rotatable bonds is 6. The first-order valence-electron chi connectivity index (χ1n) is 8.08. The van der Waals surface area contributed by atoms with Gasteiger partial charge in [0.1, 0.15) is 5.75 Å². The van der Waals surface area contributed by atoms with Gasteiger partial charge < -0.3 is 14.7 Å². The molecule has 0 radical (unpaired) electrons. The van der Waals surface area contributed by atoms with E-state index in [4.69, 9.17) is 4.74 Å².